The molecule has 4 N–H and O–H groups in total. The van der Waals surface area contributed by atoms with Crippen LogP contribution in [0, 0.1) is 0 Å². The highest BCUT2D eigenvalue weighted by molar-refractivity contribution is 7.90. The van der Waals surface area contributed by atoms with Crippen LogP contribution in [0.3, 0.4) is 0 Å². The molecule has 0 amide bonds. The van der Waals surface area contributed by atoms with Crippen molar-refractivity contribution in [2.24, 2.45) is 0 Å². The van der Waals surface area contributed by atoms with Gasteiger partial charge in [0.2, 0.25) is 10.0 Å². The Hall–Kier alpha value is -1.80. The summed E-state index contributed by atoms with van der Waals surface area (Å²) in [6.45, 7) is 2.88. The van der Waals surface area contributed by atoms with Crippen molar-refractivity contribution in [1.82, 2.24) is 4.72 Å². The zero-order chi connectivity index (χ0) is 15.5. The number of benzene rings is 1. The Morgan fingerprint density at radius 3 is 2.30 bits per heavy atom. The van der Waals surface area contributed by atoms with Gasteiger partial charge >= 0.3 is 5.97 Å². The molecule has 1 rings (SSSR count). The minimum atomic E-state index is -3.72. The molecule has 7 nitrogen and oxygen atoms in total. The number of aliphatic carboxylic acids is 1. The van der Waals surface area contributed by atoms with Gasteiger partial charge in [0.05, 0.1) is 5.25 Å². The number of carboxylic acid groups (broad SMARTS) is 1. The van der Waals surface area contributed by atoms with E-state index in [9.17, 15) is 18.3 Å². The van der Waals surface area contributed by atoms with E-state index in [1.807, 2.05) is 0 Å². The molecule has 8 heteroatoms. The molecular formula is C12H17NO6S. The average molecular weight is 303 g/mol. The fourth-order valence-electron chi connectivity index (χ4n) is 1.45. The van der Waals surface area contributed by atoms with Crippen molar-refractivity contribution in [1.29, 1.82) is 0 Å². The molecule has 0 bridgehead atoms. The van der Waals surface area contributed by atoms with Crippen LogP contribution in [0.5, 0.6) is 11.5 Å². The summed E-state index contributed by atoms with van der Waals surface area (Å²) < 4.78 is 25.5. The SMILES string of the molecule is CC(C)S(=O)(=O)NC(Cc1ccc(O)c(O)c1)C(=O)O. The Bertz CT molecular complexity index is 596. The molecule has 0 aliphatic carbocycles. The third kappa shape index (κ3) is 4.10. The molecule has 0 aliphatic heterocycles. The first kappa shape index (κ1) is 16.3. The van der Waals surface area contributed by atoms with Gasteiger partial charge in [-0.1, -0.05) is 6.07 Å². The van der Waals surface area contributed by atoms with Gasteiger partial charge in [-0.2, -0.15) is 0 Å². The fraction of sp³-hybridized carbons (Fsp3) is 0.417. The van der Waals surface area contributed by atoms with Crippen molar-refractivity contribution in [2.45, 2.75) is 31.6 Å². The second-order valence-corrected chi connectivity index (χ2v) is 6.90. The van der Waals surface area contributed by atoms with Gasteiger partial charge in [0, 0.05) is 0 Å². The van der Waals surface area contributed by atoms with Gasteiger partial charge in [0.1, 0.15) is 6.04 Å². The van der Waals surface area contributed by atoms with Crippen molar-refractivity contribution in [3.05, 3.63) is 23.8 Å². The number of nitrogens with one attached hydrogen (secondary N) is 1. The lowest BCUT2D eigenvalue weighted by atomic mass is 10.1. The molecule has 0 radical (unpaired) electrons. The average Bonchev–Trinajstić information content (AvgIpc) is 2.32. The Morgan fingerprint density at radius 1 is 1.25 bits per heavy atom. The summed E-state index contributed by atoms with van der Waals surface area (Å²) in [5, 5.41) is 26.8. The van der Waals surface area contributed by atoms with E-state index in [2.05, 4.69) is 4.72 Å². The second-order valence-electron chi connectivity index (χ2n) is 4.63. The van der Waals surface area contributed by atoms with Gasteiger partial charge in [-0.25, -0.2) is 13.1 Å². The first-order chi connectivity index (χ1) is 9.13. The van der Waals surface area contributed by atoms with Gasteiger partial charge in [-0.3, -0.25) is 4.79 Å². The van der Waals surface area contributed by atoms with Gasteiger partial charge in [0.15, 0.2) is 11.5 Å². The zero-order valence-corrected chi connectivity index (χ0v) is 11.9. The quantitative estimate of drug-likeness (QED) is 0.565. The number of rotatable bonds is 6. The van der Waals surface area contributed by atoms with E-state index >= 15 is 0 Å². The van der Waals surface area contributed by atoms with Crippen molar-refractivity contribution >= 4 is 16.0 Å². The lowest BCUT2D eigenvalue weighted by Gasteiger charge is -2.17. The maximum absolute atomic E-state index is 11.7. The molecule has 0 aliphatic rings. The highest BCUT2D eigenvalue weighted by atomic mass is 32.2. The van der Waals surface area contributed by atoms with Crippen molar-refractivity contribution in [2.75, 3.05) is 0 Å². The summed E-state index contributed by atoms with van der Waals surface area (Å²) in [5.74, 6) is -2.04. The third-order valence-electron chi connectivity index (χ3n) is 2.70. The molecule has 1 aromatic carbocycles. The lowest BCUT2D eigenvalue weighted by Crippen LogP contribution is -2.44. The van der Waals surface area contributed by atoms with Crippen LogP contribution in [-0.4, -0.2) is 41.0 Å². The van der Waals surface area contributed by atoms with E-state index in [1.165, 1.54) is 32.0 Å². The number of hydrogen-bond acceptors (Lipinski definition) is 5. The first-order valence-electron chi connectivity index (χ1n) is 5.88. The number of phenols is 2. The summed E-state index contributed by atoms with van der Waals surface area (Å²) in [6, 6.07) is 2.47. The Balaban J connectivity index is 2.93. The summed E-state index contributed by atoms with van der Waals surface area (Å²) >= 11 is 0. The van der Waals surface area contributed by atoms with Crippen molar-refractivity contribution in [3.63, 3.8) is 0 Å². The number of phenolic OH excluding ortho intramolecular Hbond substituents is 2. The molecular weight excluding hydrogens is 286 g/mol. The number of carboxylic acids is 1. The molecule has 0 spiro atoms. The Morgan fingerprint density at radius 2 is 1.85 bits per heavy atom. The van der Waals surface area contributed by atoms with Crippen LogP contribution < -0.4 is 4.72 Å². The monoisotopic (exact) mass is 303 g/mol. The standard InChI is InChI=1S/C12H17NO6S/c1-7(2)20(18,19)13-9(12(16)17)5-8-3-4-10(14)11(15)6-8/h3-4,6-7,9,13-15H,5H2,1-2H3,(H,16,17). The van der Waals surface area contributed by atoms with Gasteiger partial charge in [-0.05, 0) is 38.0 Å². The topological polar surface area (TPSA) is 124 Å². The minimum Gasteiger partial charge on any atom is -0.504 e. The minimum absolute atomic E-state index is 0.144. The Labute approximate surface area is 116 Å². The summed E-state index contributed by atoms with van der Waals surface area (Å²) in [4.78, 5) is 11.1. The molecule has 112 valence electrons. The summed E-state index contributed by atoms with van der Waals surface area (Å²) in [7, 11) is -3.72. The van der Waals surface area contributed by atoms with Crippen LogP contribution in [0.1, 0.15) is 19.4 Å². The lowest BCUT2D eigenvalue weighted by molar-refractivity contribution is -0.138. The zero-order valence-electron chi connectivity index (χ0n) is 11.1. The van der Waals surface area contributed by atoms with Crippen LogP contribution in [0.4, 0.5) is 0 Å². The van der Waals surface area contributed by atoms with Gasteiger partial charge in [-0.15, -0.1) is 0 Å². The van der Waals surface area contributed by atoms with E-state index in [0.717, 1.165) is 0 Å². The fourth-order valence-corrected chi connectivity index (χ4v) is 2.30. The molecule has 0 saturated carbocycles. The summed E-state index contributed by atoms with van der Waals surface area (Å²) in [5.41, 5.74) is 0.388. The largest absolute Gasteiger partial charge is 0.504 e. The third-order valence-corrected chi connectivity index (χ3v) is 4.56. The second kappa shape index (κ2) is 6.10. The molecule has 0 fully saturated rings. The molecule has 0 saturated heterocycles. The predicted molar refractivity (Wildman–Crippen MR) is 72.1 cm³/mol. The van der Waals surface area contributed by atoms with Crippen LogP contribution in [-0.2, 0) is 21.2 Å². The van der Waals surface area contributed by atoms with E-state index in [4.69, 9.17) is 10.2 Å². The Kier molecular flexibility index (Phi) is 4.96. The number of aromatic hydroxyl groups is 2. The molecule has 1 aromatic rings. The first-order valence-corrected chi connectivity index (χ1v) is 7.43. The number of carbonyl (C=O) groups is 1. The van der Waals surface area contributed by atoms with Gasteiger partial charge < -0.3 is 15.3 Å². The van der Waals surface area contributed by atoms with Crippen molar-refractivity contribution in [3.8, 4) is 11.5 Å². The van der Waals surface area contributed by atoms with E-state index < -0.39 is 33.0 Å². The van der Waals surface area contributed by atoms with Crippen LogP contribution in [0.2, 0.25) is 0 Å². The van der Waals surface area contributed by atoms with Crippen LogP contribution in [0.15, 0.2) is 18.2 Å². The number of hydrogen-bond donors (Lipinski definition) is 4. The molecule has 1 atom stereocenters. The summed E-state index contributed by atoms with van der Waals surface area (Å²) in [6.07, 6.45) is -0.144. The highest BCUT2D eigenvalue weighted by Gasteiger charge is 2.26. The maximum Gasteiger partial charge on any atom is 0.322 e. The van der Waals surface area contributed by atoms with Crippen molar-refractivity contribution < 1.29 is 28.5 Å². The predicted octanol–water partition coefficient (Wildman–Crippen LogP) is 0.421. The van der Waals surface area contributed by atoms with E-state index in [0.29, 0.717) is 5.56 Å². The molecule has 1 unspecified atom stereocenters. The van der Waals surface area contributed by atoms with Gasteiger partial charge in [0.25, 0.3) is 0 Å². The normalized spacial score (nSPS) is 13.3. The molecule has 0 heterocycles. The van der Waals surface area contributed by atoms with E-state index in [1.54, 1.807) is 0 Å². The molecule has 20 heavy (non-hydrogen) atoms. The van der Waals surface area contributed by atoms with E-state index in [-0.39, 0.29) is 12.2 Å². The van der Waals surface area contributed by atoms with Crippen LogP contribution >= 0.6 is 0 Å². The highest BCUT2D eigenvalue weighted by Crippen LogP contribution is 2.25. The smallest absolute Gasteiger partial charge is 0.322 e. The maximum atomic E-state index is 11.7. The number of sulfonamides is 1. The molecule has 0 aromatic heterocycles. The van der Waals surface area contributed by atoms with Crippen LogP contribution in [0.25, 0.3) is 0 Å².